The van der Waals surface area contributed by atoms with E-state index in [9.17, 15) is 0 Å². The van der Waals surface area contributed by atoms with Gasteiger partial charge in [-0.3, -0.25) is 0 Å². The van der Waals surface area contributed by atoms with Gasteiger partial charge in [-0.05, 0) is 36.6 Å². The maximum absolute atomic E-state index is 5.65. The van der Waals surface area contributed by atoms with E-state index in [1.54, 1.807) is 0 Å². The molecule has 72 valence electrons. The van der Waals surface area contributed by atoms with Crippen molar-refractivity contribution in [3.63, 3.8) is 0 Å². The van der Waals surface area contributed by atoms with E-state index in [4.69, 9.17) is 5.73 Å². The zero-order valence-corrected chi connectivity index (χ0v) is 9.55. The van der Waals surface area contributed by atoms with Gasteiger partial charge in [0.25, 0.3) is 0 Å². The van der Waals surface area contributed by atoms with Crippen LogP contribution in [0, 0.1) is 5.92 Å². The smallest absolute Gasteiger partial charge is 0.0175 e. The number of hydrogen-bond donors (Lipinski definition) is 1. The van der Waals surface area contributed by atoms with Crippen LogP contribution in [-0.2, 0) is 6.42 Å². The molecule has 0 aromatic heterocycles. The zero-order valence-electron chi connectivity index (χ0n) is 7.96. The fourth-order valence-electron chi connectivity index (χ4n) is 1.35. The van der Waals surface area contributed by atoms with Crippen molar-refractivity contribution in [3.8, 4) is 0 Å². The lowest BCUT2D eigenvalue weighted by atomic mass is 9.97. The van der Waals surface area contributed by atoms with Gasteiger partial charge in [0, 0.05) is 4.47 Å². The molecule has 2 N–H and O–H groups in total. The summed E-state index contributed by atoms with van der Waals surface area (Å²) in [5, 5.41) is 0. The molecule has 0 spiro atoms. The predicted octanol–water partition coefficient (Wildman–Crippen LogP) is 2.98. The first-order valence-electron chi connectivity index (χ1n) is 4.70. The Labute approximate surface area is 88.5 Å². The van der Waals surface area contributed by atoms with Crippen molar-refractivity contribution in [2.24, 2.45) is 11.7 Å². The van der Waals surface area contributed by atoms with Crippen LogP contribution in [0.1, 0.15) is 18.9 Å². The fourth-order valence-corrected chi connectivity index (χ4v) is 1.61. The van der Waals surface area contributed by atoms with E-state index in [1.165, 1.54) is 5.56 Å². The summed E-state index contributed by atoms with van der Waals surface area (Å²) < 4.78 is 1.14. The molecular formula is C11H16BrN. The van der Waals surface area contributed by atoms with Crippen molar-refractivity contribution in [2.45, 2.75) is 19.8 Å². The summed E-state index contributed by atoms with van der Waals surface area (Å²) in [6.07, 6.45) is 2.26. The van der Waals surface area contributed by atoms with Crippen LogP contribution in [0.5, 0.6) is 0 Å². The number of rotatable bonds is 4. The van der Waals surface area contributed by atoms with Crippen molar-refractivity contribution >= 4 is 15.9 Å². The van der Waals surface area contributed by atoms with Gasteiger partial charge in [-0.15, -0.1) is 0 Å². The Bertz CT molecular complexity index is 239. The molecule has 0 bridgehead atoms. The normalized spacial score (nSPS) is 12.8. The largest absolute Gasteiger partial charge is 0.330 e. The second kappa shape index (κ2) is 5.40. The van der Waals surface area contributed by atoms with Gasteiger partial charge in [-0.1, -0.05) is 41.4 Å². The first-order valence-corrected chi connectivity index (χ1v) is 5.50. The van der Waals surface area contributed by atoms with Crippen LogP contribution in [-0.4, -0.2) is 6.54 Å². The maximum atomic E-state index is 5.65. The molecule has 1 aromatic carbocycles. The average molecular weight is 242 g/mol. The van der Waals surface area contributed by atoms with Crippen LogP contribution in [0.4, 0.5) is 0 Å². The third-order valence-corrected chi connectivity index (χ3v) is 2.88. The molecule has 1 atom stereocenters. The van der Waals surface area contributed by atoms with E-state index in [0.29, 0.717) is 5.92 Å². The van der Waals surface area contributed by atoms with Gasteiger partial charge in [-0.2, -0.15) is 0 Å². The third-order valence-electron chi connectivity index (χ3n) is 2.35. The molecule has 0 radical (unpaired) electrons. The highest BCUT2D eigenvalue weighted by Gasteiger charge is 2.04. The average Bonchev–Trinajstić information content (AvgIpc) is 2.17. The Hall–Kier alpha value is -0.340. The van der Waals surface area contributed by atoms with Crippen LogP contribution in [0.25, 0.3) is 0 Å². The molecule has 0 aliphatic rings. The van der Waals surface area contributed by atoms with Gasteiger partial charge in [0.15, 0.2) is 0 Å². The molecule has 2 heteroatoms. The van der Waals surface area contributed by atoms with E-state index < -0.39 is 0 Å². The first kappa shape index (κ1) is 10.7. The Morgan fingerprint density at radius 2 is 1.92 bits per heavy atom. The Morgan fingerprint density at radius 1 is 1.31 bits per heavy atom. The molecule has 0 aliphatic carbocycles. The molecule has 0 fully saturated rings. The zero-order chi connectivity index (χ0) is 9.68. The standard InChI is InChI=1S/C11H16BrN/c1-2-9(8-13)7-10-3-5-11(12)6-4-10/h3-6,9H,2,7-8,13H2,1H3. The topological polar surface area (TPSA) is 26.0 Å². The monoisotopic (exact) mass is 241 g/mol. The highest BCUT2D eigenvalue weighted by Crippen LogP contribution is 2.14. The minimum absolute atomic E-state index is 0.626. The number of benzene rings is 1. The lowest BCUT2D eigenvalue weighted by Gasteiger charge is -2.11. The van der Waals surface area contributed by atoms with Crippen LogP contribution in [0.15, 0.2) is 28.7 Å². The highest BCUT2D eigenvalue weighted by molar-refractivity contribution is 9.10. The SMILES string of the molecule is CCC(CN)Cc1ccc(Br)cc1. The summed E-state index contributed by atoms with van der Waals surface area (Å²) in [6, 6.07) is 8.47. The first-order chi connectivity index (χ1) is 6.26. The molecule has 1 aromatic rings. The summed E-state index contributed by atoms with van der Waals surface area (Å²) in [4.78, 5) is 0. The highest BCUT2D eigenvalue weighted by atomic mass is 79.9. The van der Waals surface area contributed by atoms with Gasteiger partial charge in [0.2, 0.25) is 0 Å². The van der Waals surface area contributed by atoms with Crippen LogP contribution >= 0.6 is 15.9 Å². The second-order valence-corrected chi connectivity index (χ2v) is 4.26. The number of nitrogens with two attached hydrogens (primary N) is 1. The summed E-state index contributed by atoms with van der Waals surface area (Å²) in [5.74, 6) is 0.626. The summed E-state index contributed by atoms with van der Waals surface area (Å²) in [5.41, 5.74) is 7.03. The predicted molar refractivity (Wildman–Crippen MR) is 60.7 cm³/mol. The quantitative estimate of drug-likeness (QED) is 0.862. The fraction of sp³-hybridized carbons (Fsp3) is 0.455. The van der Waals surface area contributed by atoms with Crippen molar-refractivity contribution in [3.05, 3.63) is 34.3 Å². The van der Waals surface area contributed by atoms with Gasteiger partial charge in [-0.25, -0.2) is 0 Å². The molecule has 0 aliphatic heterocycles. The Balaban J connectivity index is 2.58. The Kier molecular flexibility index (Phi) is 4.46. The van der Waals surface area contributed by atoms with Gasteiger partial charge >= 0.3 is 0 Å². The summed E-state index contributed by atoms with van der Waals surface area (Å²) >= 11 is 3.42. The van der Waals surface area contributed by atoms with E-state index in [0.717, 1.165) is 23.9 Å². The summed E-state index contributed by atoms with van der Waals surface area (Å²) in [6.45, 7) is 2.98. The van der Waals surface area contributed by atoms with E-state index in [1.807, 2.05) is 0 Å². The molecule has 0 saturated carbocycles. The minimum atomic E-state index is 0.626. The lowest BCUT2D eigenvalue weighted by molar-refractivity contribution is 0.519. The molecular weight excluding hydrogens is 226 g/mol. The van der Waals surface area contributed by atoms with Gasteiger partial charge < -0.3 is 5.73 Å². The molecule has 0 heterocycles. The van der Waals surface area contributed by atoms with Gasteiger partial charge in [0.05, 0.1) is 0 Å². The third kappa shape index (κ3) is 3.49. The van der Waals surface area contributed by atoms with Crippen molar-refractivity contribution in [1.29, 1.82) is 0 Å². The number of hydrogen-bond acceptors (Lipinski definition) is 1. The maximum Gasteiger partial charge on any atom is 0.0175 e. The lowest BCUT2D eigenvalue weighted by Crippen LogP contribution is -2.15. The molecule has 1 nitrogen and oxygen atoms in total. The minimum Gasteiger partial charge on any atom is -0.330 e. The van der Waals surface area contributed by atoms with Crippen LogP contribution < -0.4 is 5.73 Å². The molecule has 0 saturated heterocycles. The summed E-state index contributed by atoms with van der Waals surface area (Å²) in [7, 11) is 0. The van der Waals surface area contributed by atoms with E-state index >= 15 is 0 Å². The second-order valence-electron chi connectivity index (χ2n) is 3.34. The number of halogens is 1. The van der Waals surface area contributed by atoms with Crippen molar-refractivity contribution in [2.75, 3.05) is 6.54 Å². The molecule has 0 amide bonds. The molecule has 1 unspecified atom stereocenters. The van der Waals surface area contributed by atoms with E-state index in [2.05, 4.69) is 47.1 Å². The van der Waals surface area contributed by atoms with Crippen molar-refractivity contribution < 1.29 is 0 Å². The molecule has 1 rings (SSSR count). The van der Waals surface area contributed by atoms with Crippen LogP contribution in [0.3, 0.4) is 0 Å². The van der Waals surface area contributed by atoms with E-state index in [-0.39, 0.29) is 0 Å². The van der Waals surface area contributed by atoms with Crippen LogP contribution in [0.2, 0.25) is 0 Å². The Morgan fingerprint density at radius 3 is 2.38 bits per heavy atom. The molecule has 13 heavy (non-hydrogen) atoms. The van der Waals surface area contributed by atoms with Crippen molar-refractivity contribution in [1.82, 2.24) is 0 Å². The van der Waals surface area contributed by atoms with Gasteiger partial charge in [0.1, 0.15) is 0 Å².